The first-order chi connectivity index (χ1) is 15.6. The van der Waals surface area contributed by atoms with E-state index in [4.69, 9.17) is 14.1 Å². The number of alkyl halides is 2. The first kappa shape index (κ1) is 20.1. The smallest absolute Gasteiger partial charge is 0.339 e. The molecule has 0 bridgehead atoms. The molecule has 1 aliphatic carbocycles. The Hall–Kier alpha value is -3.81. The Morgan fingerprint density at radius 3 is 2.91 bits per heavy atom. The molecule has 6 nitrogen and oxygen atoms in total. The zero-order valence-electron chi connectivity index (χ0n) is 17.0. The van der Waals surface area contributed by atoms with Crippen LogP contribution in [-0.2, 0) is 17.8 Å². The molecule has 0 amide bonds. The van der Waals surface area contributed by atoms with Crippen LogP contribution in [0.4, 0.5) is 8.78 Å². The lowest BCUT2D eigenvalue weighted by Crippen LogP contribution is -2.16. The molecule has 0 N–H and O–H groups in total. The van der Waals surface area contributed by atoms with E-state index in [-0.39, 0.29) is 12.4 Å². The van der Waals surface area contributed by atoms with Gasteiger partial charge in [0.15, 0.2) is 5.82 Å². The van der Waals surface area contributed by atoms with Crippen molar-refractivity contribution in [1.82, 2.24) is 14.5 Å². The second-order valence-electron chi connectivity index (χ2n) is 7.47. The van der Waals surface area contributed by atoms with Crippen molar-refractivity contribution in [3.8, 4) is 0 Å². The molecule has 0 unspecified atom stereocenters. The minimum atomic E-state index is -2.75. The number of para-hydroxylation sites is 1. The summed E-state index contributed by atoms with van der Waals surface area (Å²) in [7, 11) is 0. The van der Waals surface area contributed by atoms with E-state index >= 15 is 0 Å². The van der Waals surface area contributed by atoms with Gasteiger partial charge in [-0.15, -0.1) is 0 Å². The number of halogens is 2. The molecule has 1 aliphatic rings. The lowest BCUT2D eigenvalue weighted by molar-refractivity contribution is 0.0376. The maximum absolute atomic E-state index is 13.2. The molecule has 0 fully saturated rings. The van der Waals surface area contributed by atoms with Crippen LogP contribution >= 0.6 is 0 Å². The van der Waals surface area contributed by atoms with E-state index in [1.807, 2.05) is 42.5 Å². The van der Waals surface area contributed by atoms with E-state index in [2.05, 4.69) is 4.98 Å². The number of allylic oxidation sites excluding steroid dienone is 1. The zero-order valence-corrected chi connectivity index (χ0v) is 17.0. The number of imidazole rings is 1. The number of furan rings is 1. The molecule has 5 rings (SSSR count). The number of hydrogen-bond acceptors (Lipinski definition) is 5. The van der Waals surface area contributed by atoms with Crippen LogP contribution in [0.25, 0.3) is 22.6 Å². The summed E-state index contributed by atoms with van der Waals surface area (Å²) in [6.07, 6.45) is 8.27. The largest absolute Gasteiger partial charge is 0.465 e. The summed E-state index contributed by atoms with van der Waals surface area (Å²) in [5.41, 5.74) is 3.61. The quantitative estimate of drug-likeness (QED) is 0.379. The maximum Gasteiger partial charge on any atom is 0.339 e. The number of aromatic nitrogens is 3. The third kappa shape index (κ3) is 3.68. The average molecular weight is 435 g/mol. The van der Waals surface area contributed by atoms with E-state index in [0.717, 1.165) is 35.9 Å². The summed E-state index contributed by atoms with van der Waals surface area (Å²) in [4.78, 5) is 21.9. The Balaban J connectivity index is 1.56. The van der Waals surface area contributed by atoms with Crippen LogP contribution in [0.1, 0.15) is 52.6 Å². The summed E-state index contributed by atoms with van der Waals surface area (Å²) < 4.78 is 37.8. The molecule has 32 heavy (non-hydrogen) atoms. The number of rotatable bonds is 5. The highest BCUT2D eigenvalue weighted by atomic mass is 19.3. The summed E-state index contributed by atoms with van der Waals surface area (Å²) >= 11 is 0. The topological polar surface area (TPSA) is 70.2 Å². The van der Waals surface area contributed by atoms with Crippen LogP contribution in [0, 0.1) is 0 Å². The van der Waals surface area contributed by atoms with Gasteiger partial charge in [-0.1, -0.05) is 18.2 Å². The summed E-state index contributed by atoms with van der Waals surface area (Å²) in [6, 6.07) is 11.0. The maximum atomic E-state index is 13.2. The molecule has 8 heteroatoms. The lowest BCUT2D eigenvalue weighted by Gasteiger charge is -2.22. The number of pyridine rings is 1. The number of esters is 1. The normalized spacial score (nSPS) is 14.8. The Labute approximate surface area is 182 Å². The Bertz CT molecular complexity index is 1310. The average Bonchev–Trinajstić information content (AvgIpc) is 3.48. The van der Waals surface area contributed by atoms with Crippen molar-refractivity contribution in [3.63, 3.8) is 0 Å². The molecule has 3 heterocycles. The van der Waals surface area contributed by atoms with Crippen molar-refractivity contribution >= 4 is 28.5 Å². The predicted octanol–water partition coefficient (Wildman–Crippen LogP) is 5.65. The van der Waals surface area contributed by atoms with Crippen molar-refractivity contribution in [2.75, 3.05) is 0 Å². The van der Waals surface area contributed by atoms with Gasteiger partial charge >= 0.3 is 12.5 Å². The lowest BCUT2D eigenvalue weighted by atomic mass is 9.86. The third-order valence-corrected chi connectivity index (χ3v) is 5.53. The van der Waals surface area contributed by atoms with Crippen LogP contribution in [0.2, 0.25) is 0 Å². The van der Waals surface area contributed by atoms with Crippen LogP contribution in [0.3, 0.4) is 0 Å². The number of carbonyl (C=O) groups excluding carboxylic acids is 1. The van der Waals surface area contributed by atoms with Gasteiger partial charge in [0, 0.05) is 17.8 Å². The number of fused-ring (bicyclic) bond motifs is 2. The van der Waals surface area contributed by atoms with E-state index in [1.165, 1.54) is 6.20 Å². The van der Waals surface area contributed by atoms with Gasteiger partial charge in [-0.05, 0) is 54.7 Å². The highest BCUT2D eigenvalue weighted by Gasteiger charge is 2.26. The fourth-order valence-electron chi connectivity index (χ4n) is 4.09. The molecule has 162 valence electrons. The van der Waals surface area contributed by atoms with E-state index in [1.54, 1.807) is 6.26 Å². The molecule has 4 aromatic rings. The van der Waals surface area contributed by atoms with E-state index in [0.29, 0.717) is 33.2 Å². The van der Waals surface area contributed by atoms with Gasteiger partial charge in [0.2, 0.25) is 0 Å². The molecule has 0 radical (unpaired) electrons. The number of benzene rings is 1. The van der Waals surface area contributed by atoms with Gasteiger partial charge in [0.25, 0.3) is 0 Å². The van der Waals surface area contributed by atoms with Gasteiger partial charge in [0.05, 0.1) is 23.0 Å². The molecule has 0 aliphatic heterocycles. The predicted molar refractivity (Wildman–Crippen MR) is 114 cm³/mol. The van der Waals surface area contributed by atoms with Crippen LogP contribution in [-0.4, -0.2) is 20.5 Å². The van der Waals surface area contributed by atoms with Crippen molar-refractivity contribution in [2.45, 2.75) is 32.4 Å². The van der Waals surface area contributed by atoms with Gasteiger partial charge in [-0.3, -0.25) is 4.57 Å². The molecule has 0 saturated heterocycles. The Morgan fingerprint density at radius 1 is 1.22 bits per heavy atom. The molecular weight excluding hydrogens is 416 g/mol. The Kier molecular flexibility index (Phi) is 5.26. The van der Waals surface area contributed by atoms with Crippen molar-refractivity contribution in [3.05, 3.63) is 83.5 Å². The SMILES string of the molecule is O=C(OCc1nccn1C(F)F)c1c2c(nc3ccccc13)/C(=C/c1ccco1)CCC2. The highest BCUT2D eigenvalue weighted by Crippen LogP contribution is 2.36. The second-order valence-corrected chi connectivity index (χ2v) is 7.47. The van der Waals surface area contributed by atoms with Crippen molar-refractivity contribution in [1.29, 1.82) is 0 Å². The summed E-state index contributed by atoms with van der Waals surface area (Å²) in [5, 5.41) is 0.674. The fraction of sp³-hybridized carbons (Fsp3) is 0.208. The van der Waals surface area contributed by atoms with Crippen molar-refractivity contribution < 1.29 is 22.7 Å². The summed E-state index contributed by atoms with van der Waals surface area (Å²) in [6.45, 7) is -3.11. The van der Waals surface area contributed by atoms with Crippen LogP contribution in [0.5, 0.6) is 0 Å². The third-order valence-electron chi connectivity index (χ3n) is 5.53. The van der Waals surface area contributed by atoms with Gasteiger partial charge < -0.3 is 9.15 Å². The van der Waals surface area contributed by atoms with Gasteiger partial charge in [-0.2, -0.15) is 8.78 Å². The number of hydrogen-bond donors (Lipinski definition) is 0. The molecular formula is C24H19F2N3O3. The molecule has 1 aromatic carbocycles. The monoisotopic (exact) mass is 435 g/mol. The van der Waals surface area contributed by atoms with Crippen LogP contribution in [0.15, 0.2) is 59.5 Å². The Morgan fingerprint density at radius 2 is 2.09 bits per heavy atom. The first-order valence-electron chi connectivity index (χ1n) is 10.2. The van der Waals surface area contributed by atoms with Crippen LogP contribution < -0.4 is 0 Å². The van der Waals surface area contributed by atoms with E-state index < -0.39 is 12.5 Å². The van der Waals surface area contributed by atoms with E-state index in [9.17, 15) is 13.6 Å². The number of carbonyl (C=O) groups is 1. The molecule has 0 saturated carbocycles. The number of nitrogens with zero attached hydrogens (tertiary/aromatic N) is 3. The fourth-order valence-corrected chi connectivity index (χ4v) is 4.09. The molecule has 3 aromatic heterocycles. The number of ether oxygens (including phenoxy) is 1. The standard InChI is InChI=1S/C24H19F2N3O3/c25-24(26)29-11-10-27-20(29)14-32-23(30)21-17-7-1-2-9-19(17)28-22-15(5-3-8-18(21)22)13-16-6-4-12-31-16/h1-2,4,6-7,9-13,24H,3,5,8,14H2/b15-13+. The minimum absolute atomic E-state index is 0.0148. The molecule has 0 spiro atoms. The van der Waals surface area contributed by atoms with Gasteiger partial charge in [-0.25, -0.2) is 14.8 Å². The minimum Gasteiger partial charge on any atom is -0.465 e. The zero-order chi connectivity index (χ0) is 22.1. The van der Waals surface area contributed by atoms with Crippen molar-refractivity contribution in [2.24, 2.45) is 0 Å². The van der Waals surface area contributed by atoms with Gasteiger partial charge in [0.1, 0.15) is 12.4 Å². The summed E-state index contributed by atoms with van der Waals surface area (Å²) in [5.74, 6) is 0.118. The highest BCUT2D eigenvalue weighted by molar-refractivity contribution is 6.06. The first-order valence-corrected chi connectivity index (χ1v) is 10.2. The molecule has 0 atom stereocenters. The second kappa shape index (κ2) is 8.37.